The first-order valence-corrected chi connectivity index (χ1v) is 6.57. The molecule has 0 heterocycles. The molecule has 0 bridgehead atoms. The fourth-order valence-corrected chi connectivity index (χ4v) is 1.93. The third kappa shape index (κ3) is 5.33. The molecule has 0 aliphatic heterocycles. The Morgan fingerprint density at radius 1 is 1.53 bits per heavy atom. The molecule has 0 saturated carbocycles. The van der Waals surface area contributed by atoms with Crippen molar-refractivity contribution in [3.63, 3.8) is 0 Å². The SMILES string of the molecule is CCOC(=O)CCNC(C)c1cccc(Br)c1. The number of benzene rings is 1. The van der Waals surface area contributed by atoms with Gasteiger partial charge in [0.15, 0.2) is 0 Å². The van der Waals surface area contributed by atoms with Crippen molar-refractivity contribution in [3.05, 3.63) is 34.3 Å². The smallest absolute Gasteiger partial charge is 0.307 e. The molecule has 1 aromatic carbocycles. The highest BCUT2D eigenvalue weighted by Gasteiger charge is 2.06. The Bertz CT molecular complexity index is 368. The van der Waals surface area contributed by atoms with Gasteiger partial charge in [0.25, 0.3) is 0 Å². The van der Waals surface area contributed by atoms with E-state index in [9.17, 15) is 4.79 Å². The van der Waals surface area contributed by atoms with Crippen LogP contribution in [-0.2, 0) is 9.53 Å². The van der Waals surface area contributed by atoms with Crippen LogP contribution in [0.25, 0.3) is 0 Å². The molecule has 94 valence electrons. The Morgan fingerprint density at radius 3 is 2.94 bits per heavy atom. The van der Waals surface area contributed by atoms with Crippen molar-refractivity contribution in [1.82, 2.24) is 5.32 Å². The molecule has 0 saturated heterocycles. The van der Waals surface area contributed by atoms with E-state index in [1.807, 2.05) is 19.1 Å². The Morgan fingerprint density at radius 2 is 2.29 bits per heavy atom. The maximum absolute atomic E-state index is 11.1. The van der Waals surface area contributed by atoms with Gasteiger partial charge < -0.3 is 10.1 Å². The largest absolute Gasteiger partial charge is 0.466 e. The number of halogens is 1. The fraction of sp³-hybridized carbons (Fsp3) is 0.462. The van der Waals surface area contributed by atoms with Crippen LogP contribution in [0.1, 0.15) is 31.9 Å². The summed E-state index contributed by atoms with van der Waals surface area (Å²) in [6.45, 7) is 4.97. The Kier molecular flexibility index (Phi) is 6.22. The van der Waals surface area contributed by atoms with E-state index in [2.05, 4.69) is 40.3 Å². The van der Waals surface area contributed by atoms with Gasteiger partial charge in [-0.25, -0.2) is 0 Å². The number of nitrogens with one attached hydrogen (secondary N) is 1. The van der Waals surface area contributed by atoms with Crippen LogP contribution in [-0.4, -0.2) is 19.1 Å². The van der Waals surface area contributed by atoms with Gasteiger partial charge in [0.1, 0.15) is 0 Å². The number of hydrogen-bond acceptors (Lipinski definition) is 3. The lowest BCUT2D eigenvalue weighted by atomic mass is 10.1. The summed E-state index contributed by atoms with van der Waals surface area (Å²) in [6, 6.07) is 8.36. The van der Waals surface area contributed by atoms with E-state index in [1.165, 1.54) is 5.56 Å². The molecule has 0 aliphatic rings. The second kappa shape index (κ2) is 7.45. The van der Waals surface area contributed by atoms with Gasteiger partial charge >= 0.3 is 5.97 Å². The Hall–Kier alpha value is -0.870. The molecule has 0 radical (unpaired) electrons. The molecule has 0 amide bonds. The lowest BCUT2D eigenvalue weighted by Gasteiger charge is -2.14. The van der Waals surface area contributed by atoms with Crippen LogP contribution in [0.15, 0.2) is 28.7 Å². The first kappa shape index (κ1) is 14.2. The molecule has 0 aliphatic carbocycles. The van der Waals surface area contributed by atoms with Crippen LogP contribution in [0.4, 0.5) is 0 Å². The third-order valence-electron chi connectivity index (χ3n) is 2.43. The summed E-state index contributed by atoms with van der Waals surface area (Å²) in [5.41, 5.74) is 1.20. The van der Waals surface area contributed by atoms with Gasteiger partial charge in [-0.2, -0.15) is 0 Å². The average Bonchev–Trinajstić information content (AvgIpc) is 2.29. The fourth-order valence-electron chi connectivity index (χ4n) is 1.52. The molecule has 1 rings (SSSR count). The molecule has 1 atom stereocenters. The quantitative estimate of drug-likeness (QED) is 0.821. The van der Waals surface area contributed by atoms with Crippen LogP contribution in [0, 0.1) is 0 Å². The van der Waals surface area contributed by atoms with Crippen molar-refractivity contribution < 1.29 is 9.53 Å². The maximum atomic E-state index is 11.1. The molecule has 17 heavy (non-hydrogen) atoms. The van der Waals surface area contributed by atoms with Gasteiger partial charge in [0.05, 0.1) is 13.0 Å². The number of esters is 1. The zero-order chi connectivity index (χ0) is 12.7. The zero-order valence-corrected chi connectivity index (χ0v) is 11.8. The summed E-state index contributed by atoms with van der Waals surface area (Å²) in [6.07, 6.45) is 0.409. The first-order chi connectivity index (χ1) is 8.13. The molecule has 1 N–H and O–H groups in total. The van der Waals surface area contributed by atoms with Gasteiger partial charge in [0.2, 0.25) is 0 Å². The van der Waals surface area contributed by atoms with Gasteiger partial charge in [-0.15, -0.1) is 0 Å². The Labute approximate surface area is 111 Å². The summed E-state index contributed by atoms with van der Waals surface area (Å²) in [5.74, 6) is -0.151. The summed E-state index contributed by atoms with van der Waals surface area (Å²) >= 11 is 3.44. The zero-order valence-electron chi connectivity index (χ0n) is 10.2. The lowest BCUT2D eigenvalue weighted by molar-refractivity contribution is -0.143. The van der Waals surface area contributed by atoms with Crippen LogP contribution < -0.4 is 5.32 Å². The molecule has 0 fully saturated rings. The van der Waals surface area contributed by atoms with E-state index in [4.69, 9.17) is 4.74 Å². The van der Waals surface area contributed by atoms with E-state index in [0.717, 1.165) is 4.47 Å². The molecular formula is C13H18BrNO2. The highest BCUT2D eigenvalue weighted by atomic mass is 79.9. The molecule has 1 unspecified atom stereocenters. The standard InChI is InChI=1S/C13H18BrNO2/c1-3-17-13(16)7-8-15-10(2)11-5-4-6-12(14)9-11/h4-6,9-10,15H,3,7-8H2,1-2H3. The minimum Gasteiger partial charge on any atom is -0.466 e. The number of ether oxygens (including phenoxy) is 1. The molecule has 3 nitrogen and oxygen atoms in total. The monoisotopic (exact) mass is 299 g/mol. The topological polar surface area (TPSA) is 38.3 Å². The van der Waals surface area contributed by atoms with Crippen molar-refractivity contribution in [1.29, 1.82) is 0 Å². The number of carbonyl (C=O) groups excluding carboxylic acids is 1. The Balaban J connectivity index is 2.35. The van der Waals surface area contributed by atoms with Crippen molar-refractivity contribution >= 4 is 21.9 Å². The van der Waals surface area contributed by atoms with Crippen LogP contribution in [0.3, 0.4) is 0 Å². The normalized spacial score (nSPS) is 12.2. The minimum atomic E-state index is -0.151. The highest BCUT2D eigenvalue weighted by molar-refractivity contribution is 9.10. The van der Waals surface area contributed by atoms with E-state index in [1.54, 1.807) is 0 Å². The van der Waals surface area contributed by atoms with Gasteiger partial charge in [0, 0.05) is 17.1 Å². The molecule has 1 aromatic rings. The van der Waals surface area contributed by atoms with E-state index < -0.39 is 0 Å². The predicted octanol–water partition coefficient (Wildman–Crippen LogP) is 3.05. The molecule has 4 heteroatoms. The van der Waals surface area contributed by atoms with Gasteiger partial charge in [-0.3, -0.25) is 4.79 Å². The van der Waals surface area contributed by atoms with Crippen LogP contribution >= 0.6 is 15.9 Å². The lowest BCUT2D eigenvalue weighted by Crippen LogP contribution is -2.22. The molecule has 0 aromatic heterocycles. The second-order valence-corrected chi connectivity index (χ2v) is 4.70. The number of hydrogen-bond donors (Lipinski definition) is 1. The van der Waals surface area contributed by atoms with E-state index in [-0.39, 0.29) is 12.0 Å². The highest BCUT2D eigenvalue weighted by Crippen LogP contribution is 2.17. The van der Waals surface area contributed by atoms with Crippen molar-refractivity contribution in [2.45, 2.75) is 26.3 Å². The maximum Gasteiger partial charge on any atom is 0.307 e. The van der Waals surface area contributed by atoms with Gasteiger partial charge in [-0.05, 0) is 31.5 Å². The molecular weight excluding hydrogens is 282 g/mol. The first-order valence-electron chi connectivity index (χ1n) is 5.78. The summed E-state index contributed by atoms with van der Waals surface area (Å²) in [7, 11) is 0. The van der Waals surface area contributed by atoms with Gasteiger partial charge in [-0.1, -0.05) is 28.1 Å². The summed E-state index contributed by atoms with van der Waals surface area (Å²) in [5, 5.41) is 3.29. The van der Waals surface area contributed by atoms with Crippen LogP contribution in [0.2, 0.25) is 0 Å². The second-order valence-electron chi connectivity index (χ2n) is 3.79. The molecule has 0 spiro atoms. The van der Waals surface area contributed by atoms with E-state index >= 15 is 0 Å². The number of carbonyl (C=O) groups is 1. The summed E-state index contributed by atoms with van der Waals surface area (Å²) < 4.78 is 5.93. The average molecular weight is 300 g/mol. The van der Waals surface area contributed by atoms with Crippen molar-refractivity contribution in [2.24, 2.45) is 0 Å². The number of rotatable bonds is 6. The predicted molar refractivity (Wildman–Crippen MR) is 71.8 cm³/mol. The van der Waals surface area contributed by atoms with Crippen molar-refractivity contribution in [3.8, 4) is 0 Å². The van der Waals surface area contributed by atoms with E-state index in [0.29, 0.717) is 19.6 Å². The summed E-state index contributed by atoms with van der Waals surface area (Å²) in [4.78, 5) is 11.1. The van der Waals surface area contributed by atoms with Crippen LogP contribution in [0.5, 0.6) is 0 Å². The third-order valence-corrected chi connectivity index (χ3v) is 2.93. The minimum absolute atomic E-state index is 0.151. The van der Waals surface area contributed by atoms with Crippen molar-refractivity contribution in [2.75, 3.05) is 13.2 Å².